The second-order valence-corrected chi connectivity index (χ2v) is 6.02. The minimum atomic E-state index is 0.0512. The third-order valence-corrected chi connectivity index (χ3v) is 4.13. The molecule has 0 saturated carbocycles. The van der Waals surface area contributed by atoms with Crippen LogP contribution in [0.2, 0.25) is 0 Å². The van der Waals surface area contributed by atoms with Gasteiger partial charge in [-0.2, -0.15) is 0 Å². The summed E-state index contributed by atoms with van der Waals surface area (Å²) in [6.07, 6.45) is 5.44. The highest BCUT2D eigenvalue weighted by Gasteiger charge is 2.24. The lowest BCUT2D eigenvalue weighted by atomic mass is 10.1. The maximum absolute atomic E-state index is 12.6. The van der Waals surface area contributed by atoms with Crippen LogP contribution in [0.5, 0.6) is 0 Å². The zero-order valence-electron chi connectivity index (χ0n) is 10.4. The first-order valence-electron chi connectivity index (χ1n) is 6.39. The molecule has 98 valence electrons. The number of alkyl halides is 1. The van der Waals surface area contributed by atoms with Crippen LogP contribution in [-0.4, -0.2) is 38.7 Å². The molecule has 1 aromatic heterocycles. The Morgan fingerprint density at radius 1 is 1.32 bits per heavy atom. The highest BCUT2D eigenvalue weighted by molar-refractivity contribution is 9.09. The molecule has 0 bridgehead atoms. The topological polar surface area (TPSA) is 46.1 Å². The average molecular weight is 320 g/mol. The predicted octanol–water partition coefficient (Wildman–Crippen LogP) is 2.63. The van der Waals surface area contributed by atoms with Crippen molar-refractivity contribution < 1.29 is 4.79 Å². The lowest BCUT2D eigenvalue weighted by molar-refractivity contribution is 0.0731. The van der Waals surface area contributed by atoms with Gasteiger partial charge in [0.2, 0.25) is 0 Å². The summed E-state index contributed by atoms with van der Waals surface area (Å²) in [5.74, 6) is 0.0512. The lowest BCUT2D eigenvalue weighted by Crippen LogP contribution is -2.40. The van der Waals surface area contributed by atoms with Crippen molar-refractivity contribution in [3.05, 3.63) is 36.2 Å². The van der Waals surface area contributed by atoms with Crippen LogP contribution >= 0.6 is 15.9 Å². The van der Waals surface area contributed by atoms with Crippen molar-refractivity contribution in [2.24, 2.45) is 0 Å². The summed E-state index contributed by atoms with van der Waals surface area (Å²) in [7, 11) is 0. The number of hydrogen-bond donors (Lipinski definition) is 0. The van der Waals surface area contributed by atoms with Gasteiger partial charge >= 0.3 is 0 Å². The number of piperidine rings is 1. The van der Waals surface area contributed by atoms with Gasteiger partial charge in [-0.15, -0.1) is 0 Å². The van der Waals surface area contributed by atoms with Gasteiger partial charge in [-0.25, -0.2) is 0 Å². The van der Waals surface area contributed by atoms with E-state index in [1.54, 1.807) is 12.4 Å². The van der Waals surface area contributed by atoms with Crippen molar-refractivity contribution >= 4 is 32.9 Å². The zero-order chi connectivity index (χ0) is 13.2. The molecule has 2 heterocycles. The molecule has 0 spiro atoms. The normalized spacial score (nSPS) is 19.6. The largest absolute Gasteiger partial charge is 0.337 e. The van der Waals surface area contributed by atoms with Gasteiger partial charge in [0.25, 0.3) is 5.91 Å². The molecule has 0 aliphatic carbocycles. The van der Waals surface area contributed by atoms with E-state index in [2.05, 4.69) is 25.9 Å². The predicted molar refractivity (Wildman–Crippen MR) is 77.4 cm³/mol. The number of para-hydroxylation sites is 1. The smallest absolute Gasteiger partial charge is 0.256 e. The van der Waals surface area contributed by atoms with Gasteiger partial charge in [0.15, 0.2) is 0 Å². The number of benzene rings is 1. The quantitative estimate of drug-likeness (QED) is 0.759. The van der Waals surface area contributed by atoms with E-state index in [4.69, 9.17) is 0 Å². The third-order valence-electron chi connectivity index (χ3n) is 3.38. The van der Waals surface area contributed by atoms with Crippen molar-refractivity contribution in [2.75, 3.05) is 13.1 Å². The Bertz CT molecular complexity index is 611. The number of likely N-dealkylation sites (tertiary alicyclic amines) is 1. The van der Waals surface area contributed by atoms with Crippen LogP contribution in [0, 0.1) is 0 Å². The highest BCUT2D eigenvalue weighted by Crippen LogP contribution is 2.21. The monoisotopic (exact) mass is 319 g/mol. The van der Waals surface area contributed by atoms with E-state index in [0.717, 1.165) is 31.4 Å². The fraction of sp³-hybridized carbons (Fsp3) is 0.357. The van der Waals surface area contributed by atoms with Gasteiger partial charge in [0, 0.05) is 30.3 Å². The number of aromatic nitrogens is 2. The van der Waals surface area contributed by atoms with E-state index in [9.17, 15) is 4.79 Å². The summed E-state index contributed by atoms with van der Waals surface area (Å²) in [4.78, 5) is 23.4. The molecular weight excluding hydrogens is 306 g/mol. The molecule has 1 fully saturated rings. The number of amides is 1. The Balaban J connectivity index is 1.97. The van der Waals surface area contributed by atoms with Crippen molar-refractivity contribution in [3.63, 3.8) is 0 Å². The second kappa shape index (κ2) is 5.25. The first-order valence-corrected chi connectivity index (χ1v) is 7.30. The molecule has 0 radical (unpaired) electrons. The molecule has 2 aromatic rings. The Labute approximate surface area is 120 Å². The summed E-state index contributed by atoms with van der Waals surface area (Å²) in [5, 5.41) is 0. The van der Waals surface area contributed by atoms with Crippen LogP contribution in [0.3, 0.4) is 0 Å². The molecule has 1 aromatic carbocycles. The molecule has 1 saturated heterocycles. The summed E-state index contributed by atoms with van der Waals surface area (Å²) in [5.41, 5.74) is 2.10. The van der Waals surface area contributed by atoms with Gasteiger partial charge in [-0.05, 0) is 25.0 Å². The molecular formula is C14H14BrN3O. The standard InChI is InChI=1S/C14H14BrN3O/c15-10-3-2-8-18(9-10)14(19)11-4-1-5-12-13(11)17-7-6-16-12/h1,4-7,10H,2-3,8-9H2. The Morgan fingerprint density at radius 2 is 2.16 bits per heavy atom. The van der Waals surface area contributed by atoms with E-state index < -0.39 is 0 Å². The van der Waals surface area contributed by atoms with E-state index in [1.165, 1.54) is 0 Å². The Hall–Kier alpha value is -1.49. The number of carbonyl (C=O) groups is 1. The summed E-state index contributed by atoms with van der Waals surface area (Å²) in [6.45, 7) is 1.58. The summed E-state index contributed by atoms with van der Waals surface area (Å²) in [6, 6.07) is 5.57. The lowest BCUT2D eigenvalue weighted by Gasteiger charge is -2.30. The maximum Gasteiger partial charge on any atom is 0.256 e. The van der Waals surface area contributed by atoms with Gasteiger partial charge in [-0.1, -0.05) is 22.0 Å². The first kappa shape index (κ1) is 12.5. The molecule has 1 aliphatic heterocycles. The number of fused-ring (bicyclic) bond motifs is 1. The fourth-order valence-corrected chi connectivity index (χ4v) is 3.12. The SMILES string of the molecule is O=C(c1cccc2nccnc12)N1CCCC(Br)C1. The van der Waals surface area contributed by atoms with Gasteiger partial charge in [0.1, 0.15) is 5.52 Å². The van der Waals surface area contributed by atoms with E-state index >= 15 is 0 Å². The molecule has 1 unspecified atom stereocenters. The first-order chi connectivity index (χ1) is 9.25. The molecule has 4 nitrogen and oxygen atoms in total. The number of halogens is 1. The third kappa shape index (κ3) is 2.47. The van der Waals surface area contributed by atoms with Crippen LogP contribution in [0.1, 0.15) is 23.2 Å². The van der Waals surface area contributed by atoms with E-state index in [0.29, 0.717) is 15.9 Å². The highest BCUT2D eigenvalue weighted by atomic mass is 79.9. The number of hydrogen-bond acceptors (Lipinski definition) is 3. The van der Waals surface area contributed by atoms with Gasteiger partial charge in [0.05, 0.1) is 11.1 Å². The van der Waals surface area contributed by atoms with Crippen molar-refractivity contribution in [3.8, 4) is 0 Å². The number of carbonyl (C=O) groups excluding carboxylic acids is 1. The molecule has 0 N–H and O–H groups in total. The van der Waals surface area contributed by atoms with E-state index in [-0.39, 0.29) is 5.91 Å². The van der Waals surface area contributed by atoms with Crippen LogP contribution in [0.25, 0.3) is 11.0 Å². The van der Waals surface area contributed by atoms with Crippen molar-refractivity contribution in [2.45, 2.75) is 17.7 Å². The number of nitrogens with zero attached hydrogens (tertiary/aromatic N) is 3. The fourth-order valence-electron chi connectivity index (χ4n) is 2.45. The molecule has 1 amide bonds. The van der Waals surface area contributed by atoms with Crippen LogP contribution < -0.4 is 0 Å². The Morgan fingerprint density at radius 3 is 3.00 bits per heavy atom. The minimum absolute atomic E-state index is 0.0512. The minimum Gasteiger partial charge on any atom is -0.337 e. The zero-order valence-corrected chi connectivity index (χ0v) is 12.0. The second-order valence-electron chi connectivity index (χ2n) is 4.72. The summed E-state index contributed by atoms with van der Waals surface area (Å²) < 4.78 is 0. The molecule has 3 rings (SSSR count). The molecule has 5 heteroatoms. The van der Waals surface area contributed by atoms with Gasteiger partial charge < -0.3 is 4.90 Å². The summed E-state index contributed by atoms with van der Waals surface area (Å²) >= 11 is 3.60. The van der Waals surface area contributed by atoms with Crippen LogP contribution in [0.15, 0.2) is 30.6 Å². The van der Waals surface area contributed by atoms with Crippen LogP contribution in [0.4, 0.5) is 0 Å². The Kier molecular flexibility index (Phi) is 3.46. The van der Waals surface area contributed by atoms with E-state index in [1.807, 2.05) is 23.1 Å². The van der Waals surface area contributed by atoms with Crippen LogP contribution in [-0.2, 0) is 0 Å². The average Bonchev–Trinajstić information content (AvgIpc) is 2.46. The molecule has 1 atom stereocenters. The molecule has 19 heavy (non-hydrogen) atoms. The van der Waals surface area contributed by atoms with Crippen molar-refractivity contribution in [1.29, 1.82) is 0 Å². The maximum atomic E-state index is 12.6. The number of rotatable bonds is 1. The molecule has 1 aliphatic rings. The van der Waals surface area contributed by atoms with Crippen molar-refractivity contribution in [1.82, 2.24) is 14.9 Å². The van der Waals surface area contributed by atoms with Gasteiger partial charge in [-0.3, -0.25) is 14.8 Å².